The summed E-state index contributed by atoms with van der Waals surface area (Å²) in [5.74, 6) is 0.321. The van der Waals surface area contributed by atoms with Crippen LogP contribution in [0.2, 0.25) is 5.02 Å². The average Bonchev–Trinajstić information content (AvgIpc) is 3.31. The Hall–Kier alpha value is -2.24. The van der Waals surface area contributed by atoms with E-state index in [2.05, 4.69) is 4.98 Å². The lowest BCUT2D eigenvalue weighted by molar-refractivity contribution is 0.0985. The Balaban J connectivity index is 1.65. The summed E-state index contributed by atoms with van der Waals surface area (Å²) in [6.45, 7) is 2.09. The van der Waals surface area contributed by atoms with Crippen molar-refractivity contribution in [3.8, 4) is 5.75 Å². The molecular formula is C24H29ClN4O4S2. The summed E-state index contributed by atoms with van der Waals surface area (Å²) in [5, 5.41) is 1.04. The van der Waals surface area contributed by atoms with Gasteiger partial charge in [0.05, 0.1) is 21.7 Å². The first kappa shape index (κ1) is 25.8. The number of halogens is 1. The van der Waals surface area contributed by atoms with Crippen LogP contribution in [-0.2, 0) is 10.0 Å². The monoisotopic (exact) mass is 536 g/mol. The molecule has 0 radical (unpaired) electrons. The minimum Gasteiger partial charge on any atom is -0.494 e. The number of aromatic nitrogens is 1. The highest BCUT2D eigenvalue weighted by Gasteiger charge is 2.27. The van der Waals surface area contributed by atoms with Crippen molar-refractivity contribution < 1.29 is 17.9 Å². The third-order valence-electron chi connectivity index (χ3n) is 5.97. The van der Waals surface area contributed by atoms with Gasteiger partial charge in [-0.2, -0.15) is 4.31 Å². The van der Waals surface area contributed by atoms with Gasteiger partial charge in [0, 0.05) is 31.7 Å². The number of likely N-dealkylation sites (N-methyl/N-ethyl adjacent to an activating group) is 1. The molecule has 1 saturated heterocycles. The van der Waals surface area contributed by atoms with Gasteiger partial charge in [0.15, 0.2) is 5.13 Å². The highest BCUT2D eigenvalue weighted by molar-refractivity contribution is 7.89. The molecule has 0 unspecified atom stereocenters. The number of rotatable bonds is 8. The van der Waals surface area contributed by atoms with Gasteiger partial charge >= 0.3 is 0 Å². The standard InChI is InChI=1S/C24H29ClN4O4S2/c1-27(2)15-16-29(24-26-21-20(33-3)12-11-19(25)22(21)34-24)23(30)17-7-9-18(10-8-17)35(31,32)28-13-5-4-6-14-28/h7-12H,4-6,13-16H2,1-3H3. The van der Waals surface area contributed by atoms with E-state index in [-0.39, 0.29) is 10.8 Å². The summed E-state index contributed by atoms with van der Waals surface area (Å²) in [6.07, 6.45) is 2.78. The van der Waals surface area contributed by atoms with Crippen molar-refractivity contribution in [1.82, 2.24) is 14.2 Å². The van der Waals surface area contributed by atoms with Crippen molar-refractivity contribution >= 4 is 54.2 Å². The van der Waals surface area contributed by atoms with Gasteiger partial charge in [-0.1, -0.05) is 29.4 Å². The number of nitrogens with zero attached hydrogens (tertiary/aromatic N) is 4. The van der Waals surface area contributed by atoms with Crippen LogP contribution >= 0.6 is 22.9 Å². The molecular weight excluding hydrogens is 508 g/mol. The maximum Gasteiger partial charge on any atom is 0.260 e. The number of ether oxygens (including phenoxy) is 1. The molecule has 1 aliphatic heterocycles. The molecule has 2 aromatic carbocycles. The lowest BCUT2D eigenvalue weighted by Gasteiger charge is -2.26. The predicted molar refractivity (Wildman–Crippen MR) is 140 cm³/mol. The van der Waals surface area contributed by atoms with Gasteiger partial charge in [-0.3, -0.25) is 9.69 Å². The molecule has 1 fully saturated rings. The van der Waals surface area contributed by atoms with E-state index in [1.807, 2.05) is 19.0 Å². The van der Waals surface area contributed by atoms with Crippen molar-refractivity contribution in [1.29, 1.82) is 0 Å². The van der Waals surface area contributed by atoms with Crippen molar-refractivity contribution in [3.05, 3.63) is 47.0 Å². The first-order valence-electron chi connectivity index (χ1n) is 11.4. The van der Waals surface area contributed by atoms with Gasteiger partial charge in [-0.15, -0.1) is 0 Å². The topological polar surface area (TPSA) is 83.0 Å². The zero-order valence-corrected chi connectivity index (χ0v) is 22.4. The predicted octanol–water partition coefficient (Wildman–Crippen LogP) is 4.34. The van der Waals surface area contributed by atoms with Crippen molar-refractivity contribution in [2.75, 3.05) is 52.3 Å². The van der Waals surface area contributed by atoms with Crippen LogP contribution in [0.4, 0.5) is 5.13 Å². The van der Waals surface area contributed by atoms with Crippen LogP contribution in [-0.4, -0.2) is 75.9 Å². The fourth-order valence-corrected chi connectivity index (χ4v) is 6.78. The number of carbonyl (C=O) groups excluding carboxylic acids is 1. The SMILES string of the molecule is COc1ccc(Cl)c2sc(N(CCN(C)C)C(=O)c3ccc(S(=O)(=O)N4CCCCC4)cc3)nc12. The summed E-state index contributed by atoms with van der Waals surface area (Å²) in [4.78, 5) is 22.1. The molecule has 1 aromatic heterocycles. The summed E-state index contributed by atoms with van der Waals surface area (Å²) >= 11 is 7.72. The molecule has 2 heterocycles. The number of hydrogen-bond acceptors (Lipinski definition) is 7. The molecule has 188 valence electrons. The number of benzene rings is 2. The first-order valence-corrected chi connectivity index (χ1v) is 14.1. The molecule has 0 aliphatic carbocycles. The minimum atomic E-state index is -3.57. The minimum absolute atomic E-state index is 0.201. The number of hydrogen-bond donors (Lipinski definition) is 0. The number of anilines is 1. The second kappa shape index (κ2) is 10.8. The quantitative estimate of drug-likeness (QED) is 0.426. The Labute approximate surface area is 215 Å². The van der Waals surface area contributed by atoms with Crippen molar-refractivity contribution in [2.45, 2.75) is 24.2 Å². The van der Waals surface area contributed by atoms with Crippen LogP contribution < -0.4 is 9.64 Å². The van der Waals surface area contributed by atoms with Crippen molar-refractivity contribution in [2.24, 2.45) is 0 Å². The van der Waals surface area contributed by atoms with E-state index in [9.17, 15) is 13.2 Å². The molecule has 4 rings (SSSR count). The van der Waals surface area contributed by atoms with Gasteiger partial charge in [0.1, 0.15) is 11.3 Å². The highest BCUT2D eigenvalue weighted by Crippen LogP contribution is 2.39. The smallest absolute Gasteiger partial charge is 0.260 e. The van der Waals surface area contributed by atoms with E-state index < -0.39 is 10.0 Å². The molecule has 8 nitrogen and oxygen atoms in total. The molecule has 1 aliphatic rings. The number of amides is 1. The molecule has 0 saturated carbocycles. The lowest BCUT2D eigenvalue weighted by Crippen LogP contribution is -2.37. The van der Waals surface area contributed by atoms with E-state index in [1.165, 1.54) is 27.8 Å². The maximum atomic E-state index is 13.6. The van der Waals surface area contributed by atoms with E-state index in [1.54, 1.807) is 36.3 Å². The third-order valence-corrected chi connectivity index (χ3v) is 9.42. The lowest BCUT2D eigenvalue weighted by atomic mass is 10.2. The molecule has 35 heavy (non-hydrogen) atoms. The number of thiazole rings is 1. The summed E-state index contributed by atoms with van der Waals surface area (Å²) in [6, 6.07) is 9.67. The van der Waals surface area contributed by atoms with Crippen LogP contribution in [0, 0.1) is 0 Å². The Morgan fingerprint density at radius 1 is 1.09 bits per heavy atom. The Bertz CT molecular complexity index is 1300. The van der Waals surface area contributed by atoms with E-state index >= 15 is 0 Å². The molecule has 0 spiro atoms. The number of sulfonamides is 1. The van der Waals surface area contributed by atoms with E-state index in [4.69, 9.17) is 16.3 Å². The Morgan fingerprint density at radius 3 is 2.40 bits per heavy atom. The van der Waals surface area contributed by atoms with E-state index in [0.717, 1.165) is 24.0 Å². The van der Waals surface area contributed by atoms with Crippen LogP contribution in [0.5, 0.6) is 5.75 Å². The van der Waals surface area contributed by atoms with Gasteiger partial charge in [-0.25, -0.2) is 13.4 Å². The first-order chi connectivity index (χ1) is 16.7. The summed E-state index contributed by atoms with van der Waals surface area (Å²) in [5.41, 5.74) is 0.990. The average molecular weight is 537 g/mol. The fourth-order valence-electron chi connectivity index (χ4n) is 3.99. The Morgan fingerprint density at radius 2 is 1.77 bits per heavy atom. The fraction of sp³-hybridized carbons (Fsp3) is 0.417. The molecule has 0 bridgehead atoms. The number of carbonyl (C=O) groups is 1. The number of fused-ring (bicyclic) bond motifs is 1. The maximum absolute atomic E-state index is 13.6. The Kier molecular flexibility index (Phi) is 7.97. The van der Waals surface area contributed by atoms with Crippen LogP contribution in [0.25, 0.3) is 10.2 Å². The molecule has 3 aromatic rings. The molecule has 0 atom stereocenters. The normalized spacial score (nSPS) is 15.0. The molecule has 11 heteroatoms. The highest BCUT2D eigenvalue weighted by atomic mass is 35.5. The van der Waals surface area contributed by atoms with Crippen LogP contribution in [0.3, 0.4) is 0 Å². The van der Waals surface area contributed by atoms with Crippen LogP contribution in [0.15, 0.2) is 41.3 Å². The van der Waals surface area contributed by atoms with Gasteiger partial charge in [0.2, 0.25) is 10.0 Å². The molecule has 0 N–H and O–H groups in total. The second-order valence-corrected chi connectivity index (χ2v) is 12.0. The zero-order chi connectivity index (χ0) is 25.2. The third kappa shape index (κ3) is 5.46. The number of methoxy groups -OCH3 is 1. The van der Waals surface area contributed by atoms with E-state index in [0.29, 0.717) is 53.2 Å². The number of piperidine rings is 1. The van der Waals surface area contributed by atoms with Crippen LogP contribution in [0.1, 0.15) is 29.6 Å². The second-order valence-electron chi connectivity index (χ2n) is 8.67. The largest absolute Gasteiger partial charge is 0.494 e. The zero-order valence-electron chi connectivity index (χ0n) is 20.0. The van der Waals surface area contributed by atoms with Crippen molar-refractivity contribution in [3.63, 3.8) is 0 Å². The van der Waals surface area contributed by atoms with Gasteiger partial charge in [0.25, 0.3) is 5.91 Å². The summed E-state index contributed by atoms with van der Waals surface area (Å²) < 4.78 is 33.7. The molecule has 1 amide bonds. The van der Waals surface area contributed by atoms with Gasteiger partial charge in [-0.05, 0) is 63.3 Å². The van der Waals surface area contributed by atoms with Gasteiger partial charge < -0.3 is 9.64 Å². The summed E-state index contributed by atoms with van der Waals surface area (Å²) in [7, 11) is 1.86.